The topological polar surface area (TPSA) is 204 Å². The van der Waals surface area contributed by atoms with Crippen molar-refractivity contribution in [3.05, 3.63) is 10.4 Å². The van der Waals surface area contributed by atoms with Crippen molar-refractivity contribution in [2.75, 3.05) is 13.1 Å². The van der Waals surface area contributed by atoms with Crippen molar-refractivity contribution in [3.8, 4) is 0 Å². The number of hydrogen-bond acceptors (Lipinski definition) is 10. The van der Waals surface area contributed by atoms with E-state index in [-0.39, 0.29) is 13.1 Å². The summed E-state index contributed by atoms with van der Waals surface area (Å²) in [5.74, 6) is -1.65. The zero-order valence-electron chi connectivity index (χ0n) is 15.3. The van der Waals surface area contributed by atoms with Crippen LogP contribution in [-0.4, -0.2) is 100 Å². The lowest BCUT2D eigenvalue weighted by atomic mass is 10.1. The van der Waals surface area contributed by atoms with Gasteiger partial charge in [0.15, 0.2) is 12.2 Å². The SMILES string of the molecule is CC(C)OC(=O)[C@@H]1O[C@H](CNC(=O)[C@@H]2O[C@H](CN=[N+]=[N-])[C@@H](O)[C@@H]2O)[C@@H](O)[C@@H]1O. The third-order valence-corrected chi connectivity index (χ3v) is 4.37. The van der Waals surface area contributed by atoms with Gasteiger partial charge in [0.1, 0.15) is 30.5 Å². The minimum absolute atomic E-state index is 0.269. The number of carbonyl (C=O) groups is 2. The Morgan fingerprint density at radius 2 is 1.64 bits per heavy atom. The first-order chi connectivity index (χ1) is 13.2. The van der Waals surface area contributed by atoms with Gasteiger partial charge in [0.05, 0.1) is 18.8 Å². The number of nitrogens with one attached hydrogen (secondary N) is 1. The van der Waals surface area contributed by atoms with Gasteiger partial charge in [-0.15, -0.1) is 0 Å². The fraction of sp³-hybridized carbons (Fsp3) is 0.867. The molecule has 0 unspecified atom stereocenters. The van der Waals surface area contributed by atoms with Gasteiger partial charge in [0, 0.05) is 11.5 Å². The highest BCUT2D eigenvalue weighted by Crippen LogP contribution is 2.24. The minimum atomic E-state index is -1.55. The summed E-state index contributed by atoms with van der Waals surface area (Å²) in [7, 11) is 0. The van der Waals surface area contributed by atoms with Crippen LogP contribution in [0.1, 0.15) is 13.8 Å². The van der Waals surface area contributed by atoms with Crippen LogP contribution in [0.5, 0.6) is 0 Å². The van der Waals surface area contributed by atoms with Crippen LogP contribution in [0.25, 0.3) is 10.4 Å². The van der Waals surface area contributed by atoms with E-state index in [1.807, 2.05) is 0 Å². The minimum Gasteiger partial charge on any atom is -0.461 e. The molecule has 0 aromatic rings. The lowest BCUT2D eigenvalue weighted by Crippen LogP contribution is -2.47. The molecule has 2 aliphatic heterocycles. The fourth-order valence-electron chi connectivity index (χ4n) is 2.95. The van der Waals surface area contributed by atoms with E-state index in [0.29, 0.717) is 0 Å². The summed E-state index contributed by atoms with van der Waals surface area (Å²) in [6, 6.07) is 0. The van der Waals surface area contributed by atoms with Crippen LogP contribution < -0.4 is 5.32 Å². The fourth-order valence-corrected chi connectivity index (χ4v) is 2.95. The number of amides is 1. The molecular weight excluding hydrogens is 380 g/mol. The molecule has 2 saturated heterocycles. The van der Waals surface area contributed by atoms with E-state index in [9.17, 15) is 30.0 Å². The van der Waals surface area contributed by atoms with E-state index in [2.05, 4.69) is 15.3 Å². The Balaban J connectivity index is 1.90. The number of carbonyl (C=O) groups excluding carboxylic acids is 2. The van der Waals surface area contributed by atoms with Crippen LogP contribution >= 0.6 is 0 Å². The third-order valence-electron chi connectivity index (χ3n) is 4.37. The molecule has 0 saturated carbocycles. The summed E-state index contributed by atoms with van der Waals surface area (Å²) < 4.78 is 15.4. The maximum atomic E-state index is 12.2. The molecule has 0 radical (unpaired) electrons. The number of aliphatic hydroxyl groups is 4. The summed E-state index contributed by atoms with van der Waals surface area (Å²) in [5, 5.41) is 45.3. The average molecular weight is 404 g/mol. The van der Waals surface area contributed by atoms with Crippen LogP contribution in [0.3, 0.4) is 0 Å². The largest absolute Gasteiger partial charge is 0.461 e. The van der Waals surface area contributed by atoms with Crippen molar-refractivity contribution >= 4 is 11.9 Å². The standard InChI is InChI=1S/C15H24N4O9/c1-5(2)26-15(25)13-11(23)8(20)6(28-13)3-17-14(24)12-10(22)9(21)7(27-12)4-18-19-16/h5-13,20-23H,3-4H2,1-2H3,(H,17,24)/t6-,7-,8-,9-,10+,11+,12-,13-/m1/s1. The smallest absolute Gasteiger partial charge is 0.338 e. The molecule has 0 aromatic heterocycles. The molecule has 0 aliphatic carbocycles. The molecule has 0 bridgehead atoms. The Morgan fingerprint density at radius 1 is 1.07 bits per heavy atom. The number of nitrogens with zero attached hydrogens (tertiary/aromatic N) is 3. The normalized spacial score (nSPS) is 37.5. The van der Waals surface area contributed by atoms with Crippen LogP contribution in [0, 0.1) is 0 Å². The van der Waals surface area contributed by atoms with E-state index in [4.69, 9.17) is 19.7 Å². The highest BCUT2D eigenvalue weighted by atomic mass is 16.6. The van der Waals surface area contributed by atoms with Gasteiger partial charge in [-0.1, -0.05) is 5.11 Å². The molecule has 2 fully saturated rings. The molecule has 13 heteroatoms. The molecule has 2 rings (SSSR count). The molecule has 2 aliphatic rings. The second kappa shape index (κ2) is 9.47. The number of aliphatic hydroxyl groups excluding tert-OH is 4. The van der Waals surface area contributed by atoms with Gasteiger partial charge in [-0.2, -0.15) is 0 Å². The van der Waals surface area contributed by atoms with Gasteiger partial charge < -0.3 is 40.0 Å². The molecule has 5 N–H and O–H groups in total. The third kappa shape index (κ3) is 4.89. The summed E-state index contributed by atoms with van der Waals surface area (Å²) in [6.07, 6.45) is -11.4. The Bertz CT molecular complexity index is 627. The second-order valence-electron chi connectivity index (χ2n) is 6.80. The highest BCUT2D eigenvalue weighted by molar-refractivity contribution is 5.82. The van der Waals surface area contributed by atoms with E-state index >= 15 is 0 Å². The Morgan fingerprint density at radius 3 is 2.25 bits per heavy atom. The van der Waals surface area contributed by atoms with Crippen molar-refractivity contribution in [1.29, 1.82) is 0 Å². The zero-order chi connectivity index (χ0) is 21.0. The van der Waals surface area contributed by atoms with E-state index in [1.54, 1.807) is 13.8 Å². The van der Waals surface area contributed by atoms with Crippen LogP contribution in [0.15, 0.2) is 5.11 Å². The number of hydrogen-bond donors (Lipinski definition) is 5. The molecular formula is C15H24N4O9. The summed E-state index contributed by atoms with van der Waals surface area (Å²) in [6.45, 7) is 2.66. The van der Waals surface area contributed by atoms with Crippen molar-refractivity contribution in [1.82, 2.24) is 5.32 Å². The number of esters is 1. The summed E-state index contributed by atoms with van der Waals surface area (Å²) in [5.41, 5.74) is 8.30. The lowest BCUT2D eigenvalue weighted by molar-refractivity contribution is -0.164. The van der Waals surface area contributed by atoms with E-state index in [1.165, 1.54) is 0 Å². The quantitative estimate of drug-likeness (QED) is 0.130. The molecule has 13 nitrogen and oxygen atoms in total. The Kier molecular flexibility index (Phi) is 7.55. The highest BCUT2D eigenvalue weighted by Gasteiger charge is 2.49. The van der Waals surface area contributed by atoms with Gasteiger partial charge >= 0.3 is 5.97 Å². The Hall–Kier alpha value is -1.99. The van der Waals surface area contributed by atoms with Crippen LogP contribution in [-0.2, 0) is 23.8 Å². The van der Waals surface area contributed by atoms with Gasteiger partial charge in [-0.25, -0.2) is 4.79 Å². The Labute approximate surface area is 159 Å². The first-order valence-electron chi connectivity index (χ1n) is 8.69. The first kappa shape index (κ1) is 22.3. The molecule has 1 amide bonds. The summed E-state index contributed by atoms with van der Waals surface area (Å²) in [4.78, 5) is 26.6. The van der Waals surface area contributed by atoms with Crippen molar-refractivity contribution < 1.29 is 44.2 Å². The van der Waals surface area contributed by atoms with Crippen molar-refractivity contribution in [2.45, 2.75) is 68.8 Å². The zero-order valence-corrected chi connectivity index (χ0v) is 15.3. The second-order valence-corrected chi connectivity index (χ2v) is 6.80. The molecule has 0 spiro atoms. The monoisotopic (exact) mass is 404 g/mol. The predicted octanol–water partition coefficient (Wildman–Crippen LogP) is -2.66. The van der Waals surface area contributed by atoms with Gasteiger partial charge in [-0.05, 0) is 19.4 Å². The van der Waals surface area contributed by atoms with Gasteiger partial charge in [0.2, 0.25) is 0 Å². The van der Waals surface area contributed by atoms with Crippen molar-refractivity contribution in [2.24, 2.45) is 5.11 Å². The van der Waals surface area contributed by atoms with E-state index < -0.39 is 66.8 Å². The molecule has 2 heterocycles. The molecule has 8 atom stereocenters. The summed E-state index contributed by atoms with van der Waals surface area (Å²) >= 11 is 0. The maximum Gasteiger partial charge on any atom is 0.338 e. The van der Waals surface area contributed by atoms with Gasteiger partial charge in [0.25, 0.3) is 5.91 Å². The molecule has 158 valence electrons. The molecule has 0 aromatic carbocycles. The molecule has 28 heavy (non-hydrogen) atoms. The maximum absolute atomic E-state index is 12.2. The number of ether oxygens (including phenoxy) is 3. The predicted molar refractivity (Wildman–Crippen MR) is 89.6 cm³/mol. The van der Waals surface area contributed by atoms with Crippen molar-refractivity contribution in [3.63, 3.8) is 0 Å². The lowest BCUT2D eigenvalue weighted by Gasteiger charge is -2.18. The number of azide groups is 1. The number of rotatable bonds is 7. The van der Waals surface area contributed by atoms with Crippen LogP contribution in [0.4, 0.5) is 0 Å². The average Bonchev–Trinajstić information content (AvgIpc) is 3.08. The van der Waals surface area contributed by atoms with Crippen LogP contribution in [0.2, 0.25) is 0 Å². The van der Waals surface area contributed by atoms with Gasteiger partial charge in [-0.3, -0.25) is 4.79 Å². The first-order valence-corrected chi connectivity index (χ1v) is 8.69. The van der Waals surface area contributed by atoms with E-state index in [0.717, 1.165) is 0 Å².